The van der Waals surface area contributed by atoms with E-state index in [2.05, 4.69) is 15.3 Å². The minimum atomic E-state index is -0.980. The van der Waals surface area contributed by atoms with Gasteiger partial charge in [-0.2, -0.15) is 0 Å². The van der Waals surface area contributed by atoms with Crippen LogP contribution in [0, 0.1) is 5.82 Å². The van der Waals surface area contributed by atoms with Gasteiger partial charge in [-0.05, 0) is 78.9 Å². The molecule has 3 aromatic rings. The monoisotopic (exact) mass is 558 g/mol. The molecule has 0 unspecified atom stereocenters. The summed E-state index contributed by atoms with van der Waals surface area (Å²) in [6, 6.07) is 23.1. The van der Waals surface area contributed by atoms with E-state index in [-0.39, 0.29) is 17.3 Å². The molecule has 0 radical (unpaired) electrons. The average molecular weight is 559 g/mol. The number of carboxylic acid groups (broad SMARTS) is 1. The highest BCUT2D eigenvalue weighted by atomic mass is 19.1. The van der Waals surface area contributed by atoms with Crippen molar-refractivity contribution in [3.05, 3.63) is 107 Å². The lowest BCUT2D eigenvalue weighted by Crippen LogP contribution is -2.56. The Morgan fingerprint density at radius 2 is 1.76 bits per heavy atom. The summed E-state index contributed by atoms with van der Waals surface area (Å²) in [5.41, 5.74) is 5.90. The van der Waals surface area contributed by atoms with E-state index in [4.69, 9.17) is 4.84 Å². The summed E-state index contributed by atoms with van der Waals surface area (Å²) >= 11 is 0. The van der Waals surface area contributed by atoms with Gasteiger partial charge in [0.25, 0.3) is 0 Å². The van der Waals surface area contributed by atoms with E-state index >= 15 is 0 Å². The van der Waals surface area contributed by atoms with Crippen molar-refractivity contribution in [1.82, 2.24) is 15.3 Å². The van der Waals surface area contributed by atoms with Crippen molar-refractivity contribution in [1.29, 1.82) is 0 Å². The van der Waals surface area contributed by atoms with Crippen LogP contribution in [0.1, 0.15) is 40.7 Å². The maximum atomic E-state index is 14.0. The second kappa shape index (κ2) is 12.5. The summed E-state index contributed by atoms with van der Waals surface area (Å²) in [6.45, 7) is 3.17. The van der Waals surface area contributed by atoms with E-state index in [1.807, 2.05) is 47.4 Å². The van der Waals surface area contributed by atoms with Crippen molar-refractivity contribution in [2.45, 2.75) is 31.3 Å². The SMILES string of the molecule is CON/C(=C\CCN1CCC2(CC1)C(=O)N(Cc1cccc(C(=O)O)c1)CN2c1ccccc1)c1ccc(F)cc1. The predicted octanol–water partition coefficient (Wildman–Crippen LogP) is 4.75. The van der Waals surface area contributed by atoms with Crippen molar-refractivity contribution in [2.24, 2.45) is 0 Å². The van der Waals surface area contributed by atoms with Crippen LogP contribution in [0.25, 0.3) is 5.70 Å². The lowest BCUT2D eigenvalue weighted by atomic mass is 9.85. The second-order valence-electron chi connectivity index (χ2n) is 10.5. The molecule has 0 aromatic heterocycles. The fourth-order valence-electron chi connectivity index (χ4n) is 5.84. The van der Waals surface area contributed by atoms with Crippen molar-refractivity contribution in [3.8, 4) is 0 Å². The number of rotatable bonds is 10. The van der Waals surface area contributed by atoms with Crippen LogP contribution in [-0.4, -0.2) is 65.7 Å². The number of hydrogen-bond acceptors (Lipinski definition) is 6. The van der Waals surface area contributed by atoms with Crippen molar-refractivity contribution < 1.29 is 23.9 Å². The zero-order valence-electron chi connectivity index (χ0n) is 23.1. The zero-order valence-corrected chi connectivity index (χ0v) is 23.1. The Balaban J connectivity index is 1.28. The first kappa shape index (κ1) is 28.3. The molecule has 0 atom stereocenters. The van der Waals surface area contributed by atoms with Gasteiger partial charge in [-0.1, -0.05) is 36.4 Å². The van der Waals surface area contributed by atoms with Crippen molar-refractivity contribution in [3.63, 3.8) is 0 Å². The average Bonchev–Trinajstić information content (AvgIpc) is 3.25. The summed E-state index contributed by atoms with van der Waals surface area (Å²) in [5, 5.41) is 9.40. The maximum absolute atomic E-state index is 14.0. The molecule has 2 fully saturated rings. The Morgan fingerprint density at radius 1 is 1.02 bits per heavy atom. The number of aromatic carboxylic acids is 1. The first-order chi connectivity index (χ1) is 19.9. The highest BCUT2D eigenvalue weighted by molar-refractivity contribution is 5.93. The van der Waals surface area contributed by atoms with E-state index in [0.29, 0.717) is 26.1 Å². The number of benzene rings is 3. The molecular formula is C32H35FN4O4. The van der Waals surface area contributed by atoms with Gasteiger partial charge in [0.2, 0.25) is 5.91 Å². The Morgan fingerprint density at radius 3 is 2.44 bits per heavy atom. The number of hydrogen-bond donors (Lipinski definition) is 2. The number of likely N-dealkylation sites (tertiary alicyclic amines) is 1. The van der Waals surface area contributed by atoms with E-state index in [0.717, 1.165) is 48.6 Å². The lowest BCUT2D eigenvalue weighted by molar-refractivity contribution is -0.134. The summed E-state index contributed by atoms with van der Waals surface area (Å²) in [7, 11) is 1.55. The number of carbonyl (C=O) groups excluding carboxylic acids is 1. The number of carboxylic acids is 1. The minimum absolute atomic E-state index is 0.0875. The van der Waals surface area contributed by atoms with Gasteiger partial charge in [-0.3, -0.25) is 15.1 Å². The number of hydroxylamine groups is 1. The highest BCUT2D eigenvalue weighted by Gasteiger charge is 2.53. The van der Waals surface area contributed by atoms with Gasteiger partial charge >= 0.3 is 5.97 Å². The number of nitrogens with zero attached hydrogens (tertiary/aromatic N) is 3. The predicted molar refractivity (Wildman–Crippen MR) is 155 cm³/mol. The number of halogens is 1. The molecule has 2 aliphatic rings. The van der Waals surface area contributed by atoms with E-state index in [1.165, 1.54) is 12.1 Å². The van der Waals surface area contributed by atoms with Gasteiger partial charge in [-0.15, -0.1) is 0 Å². The van der Waals surface area contributed by atoms with Gasteiger partial charge in [0.1, 0.15) is 11.4 Å². The number of carbonyl (C=O) groups is 2. The largest absolute Gasteiger partial charge is 0.478 e. The molecule has 3 aromatic carbocycles. The number of piperidine rings is 1. The molecule has 2 heterocycles. The van der Waals surface area contributed by atoms with Crippen LogP contribution in [0.15, 0.2) is 84.9 Å². The van der Waals surface area contributed by atoms with Crippen LogP contribution in [0.2, 0.25) is 0 Å². The molecular weight excluding hydrogens is 523 g/mol. The molecule has 9 heteroatoms. The number of amides is 1. The third kappa shape index (κ3) is 6.26. The fraction of sp³-hybridized carbons (Fsp3) is 0.312. The fourth-order valence-corrected chi connectivity index (χ4v) is 5.84. The Labute approximate surface area is 239 Å². The molecule has 214 valence electrons. The molecule has 2 aliphatic heterocycles. The summed E-state index contributed by atoms with van der Waals surface area (Å²) in [5.74, 6) is -1.18. The smallest absolute Gasteiger partial charge is 0.335 e. The summed E-state index contributed by atoms with van der Waals surface area (Å²) in [4.78, 5) is 37.1. The molecule has 0 aliphatic carbocycles. The topological polar surface area (TPSA) is 85.3 Å². The van der Waals surface area contributed by atoms with Crippen LogP contribution in [0.3, 0.4) is 0 Å². The van der Waals surface area contributed by atoms with Crippen LogP contribution in [-0.2, 0) is 16.2 Å². The maximum Gasteiger partial charge on any atom is 0.335 e. The molecule has 1 spiro atoms. The highest BCUT2D eigenvalue weighted by Crippen LogP contribution is 2.40. The third-order valence-corrected chi connectivity index (χ3v) is 7.97. The molecule has 5 rings (SSSR count). The van der Waals surface area contributed by atoms with Gasteiger partial charge in [0, 0.05) is 31.9 Å². The number of nitrogens with one attached hydrogen (secondary N) is 1. The Kier molecular flexibility index (Phi) is 8.66. The van der Waals surface area contributed by atoms with Gasteiger partial charge in [-0.25, -0.2) is 9.18 Å². The lowest BCUT2D eigenvalue weighted by Gasteiger charge is -2.43. The van der Waals surface area contributed by atoms with Crippen LogP contribution in [0.4, 0.5) is 10.1 Å². The molecule has 0 saturated carbocycles. The molecule has 41 heavy (non-hydrogen) atoms. The first-order valence-electron chi connectivity index (χ1n) is 13.8. The molecule has 1 amide bonds. The van der Waals surface area contributed by atoms with E-state index < -0.39 is 11.5 Å². The zero-order chi connectivity index (χ0) is 28.8. The van der Waals surface area contributed by atoms with Crippen LogP contribution >= 0.6 is 0 Å². The standard InChI is InChI=1S/C32H35FN4O4/c1-41-34-29(25-12-14-27(33)15-13-25)11-6-18-35-19-16-32(17-20-35)31(40)36(23-37(32)28-9-3-2-4-10-28)22-24-7-5-8-26(21-24)30(38)39/h2-5,7-15,21,34H,6,16-20,22-23H2,1H3,(H,38,39)/b29-11-. The third-order valence-electron chi connectivity index (χ3n) is 7.97. The van der Waals surface area contributed by atoms with Crippen LogP contribution in [0.5, 0.6) is 0 Å². The number of para-hydroxylation sites is 1. The van der Waals surface area contributed by atoms with Gasteiger partial charge < -0.3 is 19.8 Å². The van der Waals surface area contributed by atoms with E-state index in [1.54, 1.807) is 37.4 Å². The number of anilines is 1. The first-order valence-corrected chi connectivity index (χ1v) is 13.8. The van der Waals surface area contributed by atoms with Gasteiger partial charge in [0.05, 0.1) is 25.0 Å². The Hall–Kier alpha value is -4.21. The molecule has 0 bridgehead atoms. The Bertz CT molecular complexity index is 1390. The normalized spacial score (nSPS) is 17.3. The summed E-state index contributed by atoms with van der Waals surface area (Å²) in [6.07, 6.45) is 4.19. The quantitative estimate of drug-likeness (QED) is 0.348. The molecule has 2 N–H and O–H groups in total. The molecule has 8 nitrogen and oxygen atoms in total. The van der Waals surface area contributed by atoms with Crippen molar-refractivity contribution >= 4 is 23.3 Å². The minimum Gasteiger partial charge on any atom is -0.478 e. The van der Waals surface area contributed by atoms with Gasteiger partial charge in [0.15, 0.2) is 0 Å². The van der Waals surface area contributed by atoms with E-state index in [9.17, 15) is 19.1 Å². The summed E-state index contributed by atoms with van der Waals surface area (Å²) < 4.78 is 13.4. The van der Waals surface area contributed by atoms with Crippen LogP contribution < -0.4 is 10.4 Å². The van der Waals surface area contributed by atoms with Crippen molar-refractivity contribution in [2.75, 3.05) is 38.3 Å². The second-order valence-corrected chi connectivity index (χ2v) is 10.5. The molecule has 2 saturated heterocycles.